The fourth-order valence-corrected chi connectivity index (χ4v) is 11.4. The van der Waals surface area contributed by atoms with Crippen molar-refractivity contribution < 1.29 is 8.78 Å². The summed E-state index contributed by atoms with van der Waals surface area (Å²) in [6, 6.07) is 99.1. The van der Waals surface area contributed by atoms with E-state index in [1.165, 1.54) is 22.9 Å². The summed E-state index contributed by atoms with van der Waals surface area (Å²) in [4.78, 5) is 4.55. The van der Waals surface area contributed by atoms with E-state index in [2.05, 4.69) is 225 Å². The monoisotopic (exact) mass is 1010 g/mol. The summed E-state index contributed by atoms with van der Waals surface area (Å²) in [5.41, 5.74) is 17.5. The Morgan fingerprint density at radius 1 is 0.231 bits per heavy atom. The topological polar surface area (TPSA) is 16.3 Å². The van der Waals surface area contributed by atoms with Crippen LogP contribution in [0.5, 0.6) is 0 Å². The first-order chi connectivity index (χ1) is 38.5. The number of benzene rings is 12. The molecule has 14 rings (SSSR count). The highest BCUT2D eigenvalue weighted by atomic mass is 19.1. The smallest absolute Gasteiger partial charge is 0.131 e. The van der Waals surface area contributed by atoms with Gasteiger partial charge in [-0.05, 0) is 156 Å². The van der Waals surface area contributed by atoms with Crippen LogP contribution in [0.3, 0.4) is 0 Å². The van der Waals surface area contributed by atoms with Gasteiger partial charge in [0.2, 0.25) is 0 Å². The van der Waals surface area contributed by atoms with E-state index in [0.29, 0.717) is 11.1 Å². The summed E-state index contributed by atoms with van der Waals surface area (Å²) >= 11 is 0. The second kappa shape index (κ2) is 19.4. The van der Waals surface area contributed by atoms with Crippen LogP contribution in [0.2, 0.25) is 0 Å². The molecule has 0 atom stereocenters. The highest BCUT2D eigenvalue weighted by Gasteiger charge is 2.21. The summed E-state index contributed by atoms with van der Waals surface area (Å²) in [5.74, 6) is -0.502. The lowest BCUT2D eigenvalue weighted by Gasteiger charge is -2.27. The summed E-state index contributed by atoms with van der Waals surface area (Å²) in [6.07, 6.45) is 0. The van der Waals surface area contributed by atoms with Crippen LogP contribution < -0.4 is 9.80 Å². The maximum atomic E-state index is 15.1. The molecule has 0 bridgehead atoms. The zero-order chi connectivity index (χ0) is 52.1. The van der Waals surface area contributed by atoms with Crippen LogP contribution >= 0.6 is 0 Å². The van der Waals surface area contributed by atoms with Crippen molar-refractivity contribution in [3.05, 3.63) is 303 Å². The number of anilines is 6. The van der Waals surface area contributed by atoms with Gasteiger partial charge in [0, 0.05) is 78.2 Å². The lowest BCUT2D eigenvalue weighted by atomic mass is 10.0. The molecule has 4 nitrogen and oxygen atoms in total. The Morgan fingerprint density at radius 2 is 0.526 bits per heavy atom. The third-order valence-corrected chi connectivity index (χ3v) is 15.1. The molecule has 0 N–H and O–H groups in total. The van der Waals surface area contributed by atoms with E-state index >= 15 is 8.78 Å². The minimum atomic E-state index is -0.251. The molecule has 0 unspecified atom stereocenters. The summed E-state index contributed by atoms with van der Waals surface area (Å²) in [7, 11) is 0. The molecule has 0 aliphatic carbocycles. The van der Waals surface area contributed by atoms with Crippen molar-refractivity contribution in [2.75, 3.05) is 9.80 Å². The Kier molecular flexibility index (Phi) is 11.5. The van der Waals surface area contributed by atoms with E-state index in [0.717, 1.165) is 101 Å². The van der Waals surface area contributed by atoms with Crippen molar-refractivity contribution >= 4 is 77.7 Å². The lowest BCUT2D eigenvalue weighted by molar-refractivity contribution is 0.631. The molecule has 0 aliphatic rings. The Morgan fingerprint density at radius 3 is 0.897 bits per heavy atom. The Hall–Kier alpha value is -10.3. The third-order valence-electron chi connectivity index (χ3n) is 15.1. The molecule has 12 aromatic carbocycles. The number of fused-ring (bicyclic) bond motifs is 6. The fraction of sp³-hybridized carbons (Fsp3) is 0. The zero-order valence-corrected chi connectivity index (χ0v) is 42.3. The summed E-state index contributed by atoms with van der Waals surface area (Å²) in [6.45, 7) is 0. The Labute approximate surface area is 450 Å². The molecule has 0 spiro atoms. The van der Waals surface area contributed by atoms with Gasteiger partial charge in [-0.3, -0.25) is 0 Å². The van der Waals surface area contributed by atoms with E-state index in [1.54, 1.807) is 12.1 Å². The summed E-state index contributed by atoms with van der Waals surface area (Å²) in [5, 5.41) is 4.62. The van der Waals surface area contributed by atoms with Crippen LogP contribution in [-0.4, -0.2) is 9.13 Å². The Balaban J connectivity index is 0.846. The number of aromatic nitrogens is 2. The van der Waals surface area contributed by atoms with Gasteiger partial charge in [-0.2, -0.15) is 0 Å². The van der Waals surface area contributed by atoms with Crippen LogP contribution in [0.1, 0.15) is 0 Å². The molecule has 6 heteroatoms. The van der Waals surface area contributed by atoms with Gasteiger partial charge in [0.05, 0.1) is 22.1 Å². The molecule has 0 fully saturated rings. The van der Waals surface area contributed by atoms with E-state index in [1.807, 2.05) is 60.7 Å². The van der Waals surface area contributed by atoms with Crippen LogP contribution in [0.4, 0.5) is 42.9 Å². The molecule has 370 valence electrons. The van der Waals surface area contributed by atoms with Gasteiger partial charge in [0.15, 0.2) is 0 Å². The molecule has 2 aromatic heterocycles. The van der Waals surface area contributed by atoms with Crippen molar-refractivity contribution in [3.63, 3.8) is 0 Å². The highest BCUT2D eigenvalue weighted by Crippen LogP contribution is 2.44. The van der Waals surface area contributed by atoms with Crippen LogP contribution in [0.25, 0.3) is 88.4 Å². The molecule has 0 aliphatic heterocycles. The largest absolute Gasteiger partial charge is 0.310 e. The minimum absolute atomic E-state index is 0.251. The van der Waals surface area contributed by atoms with Crippen molar-refractivity contribution in [1.29, 1.82) is 0 Å². The second-order valence-corrected chi connectivity index (χ2v) is 19.6. The van der Waals surface area contributed by atoms with Gasteiger partial charge in [0.1, 0.15) is 11.6 Å². The molecular weight excluding hydrogens is 959 g/mol. The van der Waals surface area contributed by atoms with Crippen molar-refractivity contribution in [2.45, 2.75) is 0 Å². The van der Waals surface area contributed by atoms with Gasteiger partial charge >= 0.3 is 0 Å². The molecule has 14 aromatic rings. The number of rotatable bonds is 11. The first kappa shape index (κ1) is 46.2. The van der Waals surface area contributed by atoms with Crippen molar-refractivity contribution in [2.24, 2.45) is 0 Å². The lowest BCUT2D eigenvalue weighted by Crippen LogP contribution is -2.10. The van der Waals surface area contributed by atoms with Crippen molar-refractivity contribution in [3.8, 4) is 44.8 Å². The van der Waals surface area contributed by atoms with Gasteiger partial charge in [0.25, 0.3) is 0 Å². The van der Waals surface area contributed by atoms with Gasteiger partial charge < -0.3 is 18.9 Å². The molecule has 0 saturated heterocycles. The number of hydrogen-bond donors (Lipinski definition) is 0. The fourth-order valence-electron chi connectivity index (χ4n) is 11.4. The number of hydrogen-bond acceptors (Lipinski definition) is 2. The average Bonchev–Trinajstić information content (AvgIpc) is 4.11. The van der Waals surface area contributed by atoms with Crippen LogP contribution in [0, 0.1) is 11.6 Å². The predicted octanol–water partition coefficient (Wildman–Crippen LogP) is 20.1. The average molecular weight is 1010 g/mol. The van der Waals surface area contributed by atoms with Crippen LogP contribution in [0.15, 0.2) is 291 Å². The molecule has 0 radical (unpaired) electrons. The minimum Gasteiger partial charge on any atom is -0.310 e. The second-order valence-electron chi connectivity index (χ2n) is 19.6. The van der Waals surface area contributed by atoms with Gasteiger partial charge in [-0.1, -0.05) is 158 Å². The summed E-state index contributed by atoms with van der Waals surface area (Å²) < 4.78 is 34.8. The molecule has 78 heavy (non-hydrogen) atoms. The normalized spacial score (nSPS) is 11.5. The van der Waals surface area contributed by atoms with E-state index in [-0.39, 0.29) is 11.6 Å². The number of nitrogens with zero attached hydrogens (tertiary/aromatic N) is 4. The standard InChI is InChI=1S/C72H48F2N4/c73-67-23-11-7-19-61(67)51-31-39-57(40-32-51)75(59-43-45-71-65(47-59)63-21-9-13-25-69(63)77(71)53-15-3-1-4-16-53)55-35-27-49(28-36-55)50-29-37-56(38-30-50)76(58-41-33-52(34-42-58)62-20-8-12-24-68(62)74)60-44-46-72-66(48-60)64-22-10-14-26-70(64)78(72)54-17-5-2-6-18-54/h1-48H. The number of halogens is 2. The quantitative estimate of drug-likeness (QED) is 0.128. The highest BCUT2D eigenvalue weighted by molar-refractivity contribution is 6.12. The third kappa shape index (κ3) is 8.15. The maximum Gasteiger partial charge on any atom is 0.131 e. The molecule has 0 amide bonds. The van der Waals surface area contributed by atoms with Gasteiger partial charge in [-0.25, -0.2) is 8.78 Å². The molecule has 0 saturated carbocycles. The first-order valence-electron chi connectivity index (χ1n) is 26.2. The van der Waals surface area contributed by atoms with E-state index in [9.17, 15) is 0 Å². The van der Waals surface area contributed by atoms with E-state index < -0.39 is 0 Å². The molecular formula is C72H48F2N4. The first-order valence-corrected chi connectivity index (χ1v) is 26.2. The van der Waals surface area contributed by atoms with Gasteiger partial charge in [-0.15, -0.1) is 0 Å². The van der Waals surface area contributed by atoms with Crippen molar-refractivity contribution in [1.82, 2.24) is 9.13 Å². The molecule has 2 heterocycles. The SMILES string of the molecule is Fc1ccccc1-c1ccc(N(c2ccc(-c3ccc(N(c4ccc(-c5ccccc5F)cc4)c4ccc5c(c4)c4ccccc4n5-c4ccccc4)cc3)cc2)c2ccc3c(c2)c2ccccc2n3-c2ccccc2)cc1. The van der Waals surface area contributed by atoms with Crippen LogP contribution in [-0.2, 0) is 0 Å². The Bertz CT molecular complexity index is 4200. The zero-order valence-electron chi connectivity index (χ0n) is 42.3. The van der Waals surface area contributed by atoms with E-state index in [4.69, 9.17) is 0 Å². The predicted molar refractivity (Wildman–Crippen MR) is 321 cm³/mol. The number of para-hydroxylation sites is 4. The maximum absolute atomic E-state index is 15.1.